The third-order valence-electron chi connectivity index (χ3n) is 6.41. The van der Waals surface area contributed by atoms with Gasteiger partial charge in [0, 0.05) is 18.0 Å². The average molecular weight is 548 g/mol. The average Bonchev–Trinajstić information content (AvgIpc) is 3.48. The molecule has 0 aromatic heterocycles. The normalized spacial score (nSPS) is 17.9. The summed E-state index contributed by atoms with van der Waals surface area (Å²) < 4.78 is 5.42. The van der Waals surface area contributed by atoms with Crippen molar-refractivity contribution in [1.29, 1.82) is 0 Å². The summed E-state index contributed by atoms with van der Waals surface area (Å²) >= 11 is 3.00. The van der Waals surface area contributed by atoms with Gasteiger partial charge in [0.1, 0.15) is 10.7 Å². The van der Waals surface area contributed by atoms with E-state index in [1.165, 1.54) is 11.8 Å². The highest BCUT2D eigenvalue weighted by Crippen LogP contribution is 2.51. The summed E-state index contributed by atoms with van der Waals surface area (Å²) in [4.78, 5) is 24.3. The van der Waals surface area contributed by atoms with Gasteiger partial charge in [-0.05, 0) is 59.3 Å². The number of nitrogens with zero attached hydrogens (tertiary/aromatic N) is 3. The number of para-hydroxylation sites is 1. The summed E-state index contributed by atoms with van der Waals surface area (Å²) in [7, 11) is 3.64. The van der Waals surface area contributed by atoms with Gasteiger partial charge < -0.3 is 9.64 Å². The van der Waals surface area contributed by atoms with E-state index in [9.17, 15) is 4.79 Å². The number of rotatable bonds is 5. The molecule has 0 unspecified atom stereocenters. The molecule has 4 aromatic rings. The zero-order valence-electron chi connectivity index (χ0n) is 21.4. The van der Waals surface area contributed by atoms with Crippen LogP contribution in [0, 0.1) is 0 Å². The van der Waals surface area contributed by atoms with Crippen LogP contribution in [-0.4, -0.2) is 25.2 Å². The second-order valence-corrected chi connectivity index (χ2v) is 10.9. The maximum absolute atomic E-state index is 13.9. The van der Waals surface area contributed by atoms with Crippen LogP contribution in [0.25, 0.3) is 12.2 Å². The highest BCUT2D eigenvalue weighted by atomic mass is 32.2. The first-order valence-corrected chi connectivity index (χ1v) is 14.1. The third kappa shape index (κ3) is 5.11. The summed E-state index contributed by atoms with van der Waals surface area (Å²) in [5.74, 6) is 0.703. The van der Waals surface area contributed by atoms with Crippen LogP contribution < -0.4 is 14.5 Å². The highest BCUT2D eigenvalue weighted by Gasteiger charge is 2.40. The molecule has 0 bridgehead atoms. The van der Waals surface area contributed by atoms with Crippen LogP contribution in [0.15, 0.2) is 123 Å². The van der Waals surface area contributed by atoms with Crippen LogP contribution in [0.5, 0.6) is 5.75 Å². The number of fused-ring (bicyclic) bond motifs is 1. The van der Waals surface area contributed by atoms with Gasteiger partial charge in [0.15, 0.2) is 5.17 Å². The van der Waals surface area contributed by atoms with Crippen molar-refractivity contribution >= 4 is 63.8 Å². The van der Waals surface area contributed by atoms with Gasteiger partial charge in [0.2, 0.25) is 0 Å². The molecule has 2 aliphatic rings. The first-order valence-electron chi connectivity index (χ1n) is 12.4. The van der Waals surface area contributed by atoms with Crippen LogP contribution >= 0.6 is 23.5 Å². The lowest BCUT2D eigenvalue weighted by atomic mass is 10.1. The first-order chi connectivity index (χ1) is 19.1. The molecule has 7 heteroatoms. The Morgan fingerprint density at radius 1 is 0.795 bits per heavy atom. The fourth-order valence-corrected chi connectivity index (χ4v) is 6.69. The molecule has 6 rings (SSSR count). The van der Waals surface area contributed by atoms with E-state index in [2.05, 4.69) is 29.2 Å². The Labute approximate surface area is 236 Å². The third-order valence-corrected chi connectivity index (χ3v) is 8.81. The molecule has 192 valence electrons. The number of thioether (sulfide) groups is 2. The molecule has 1 amide bonds. The summed E-state index contributed by atoms with van der Waals surface area (Å²) in [5.41, 5.74) is 4.83. The lowest BCUT2D eigenvalue weighted by Gasteiger charge is -2.17. The van der Waals surface area contributed by atoms with Crippen molar-refractivity contribution in [2.24, 2.45) is 4.99 Å². The number of methoxy groups -OCH3 is 1. The molecule has 1 fully saturated rings. The van der Waals surface area contributed by atoms with E-state index in [0.717, 1.165) is 43.9 Å². The largest absolute Gasteiger partial charge is 0.497 e. The summed E-state index contributed by atoms with van der Waals surface area (Å²) in [5, 5.41) is 1.52. The zero-order chi connectivity index (χ0) is 26.8. The Hall–Kier alpha value is -4.20. The molecule has 0 saturated carbocycles. The summed E-state index contributed by atoms with van der Waals surface area (Å²) in [6.45, 7) is 0. The molecule has 5 nitrogen and oxygen atoms in total. The van der Waals surface area contributed by atoms with Crippen molar-refractivity contribution < 1.29 is 9.53 Å². The predicted molar refractivity (Wildman–Crippen MR) is 165 cm³/mol. The Morgan fingerprint density at radius 3 is 2.15 bits per heavy atom. The van der Waals surface area contributed by atoms with Crippen molar-refractivity contribution in [2.75, 3.05) is 24.0 Å². The van der Waals surface area contributed by atoms with Crippen LogP contribution in [0.4, 0.5) is 17.1 Å². The SMILES string of the molecule is COc1ccc2c(c1)N(C)C(=C1SC(=Nc3ccc(C=Cc4ccccc4)cc3)N(c3ccccc3)C1=O)S2. The van der Waals surface area contributed by atoms with E-state index < -0.39 is 0 Å². The molecule has 4 aromatic carbocycles. The van der Waals surface area contributed by atoms with Gasteiger partial charge in [-0.2, -0.15) is 0 Å². The molecule has 0 aliphatic carbocycles. The van der Waals surface area contributed by atoms with Gasteiger partial charge in [0.25, 0.3) is 5.91 Å². The minimum atomic E-state index is -0.0820. The number of hydrogen-bond donors (Lipinski definition) is 0. The van der Waals surface area contributed by atoms with Gasteiger partial charge in [-0.1, -0.05) is 84.6 Å². The minimum absolute atomic E-state index is 0.0820. The number of amides is 1. The van der Waals surface area contributed by atoms with E-state index in [0.29, 0.717) is 10.1 Å². The second-order valence-electron chi connectivity index (χ2n) is 8.94. The zero-order valence-corrected chi connectivity index (χ0v) is 23.1. The smallest absolute Gasteiger partial charge is 0.274 e. The monoisotopic (exact) mass is 547 g/mol. The van der Waals surface area contributed by atoms with Crippen LogP contribution in [0.1, 0.15) is 11.1 Å². The van der Waals surface area contributed by atoms with Crippen molar-refractivity contribution in [3.8, 4) is 5.75 Å². The van der Waals surface area contributed by atoms with Crippen molar-refractivity contribution in [1.82, 2.24) is 0 Å². The van der Waals surface area contributed by atoms with Crippen LogP contribution in [0.2, 0.25) is 0 Å². The van der Waals surface area contributed by atoms with E-state index in [-0.39, 0.29) is 5.91 Å². The maximum atomic E-state index is 13.9. The predicted octanol–water partition coefficient (Wildman–Crippen LogP) is 8.04. The van der Waals surface area contributed by atoms with Gasteiger partial charge in [0.05, 0.1) is 29.2 Å². The summed E-state index contributed by atoms with van der Waals surface area (Å²) in [6.07, 6.45) is 4.17. The number of amidine groups is 1. The fraction of sp³-hybridized carbons (Fsp3) is 0.0625. The number of carbonyl (C=O) groups is 1. The van der Waals surface area contributed by atoms with Gasteiger partial charge >= 0.3 is 0 Å². The van der Waals surface area contributed by atoms with Crippen molar-refractivity contribution in [2.45, 2.75) is 4.90 Å². The molecular weight excluding hydrogens is 523 g/mol. The van der Waals surface area contributed by atoms with E-state index in [4.69, 9.17) is 9.73 Å². The van der Waals surface area contributed by atoms with E-state index >= 15 is 0 Å². The number of anilines is 2. The van der Waals surface area contributed by atoms with Crippen molar-refractivity contribution in [3.05, 3.63) is 124 Å². The number of carbonyl (C=O) groups excluding carboxylic acids is 1. The molecular formula is C32H25N3O2S2. The maximum Gasteiger partial charge on any atom is 0.274 e. The molecule has 0 radical (unpaired) electrons. The van der Waals surface area contributed by atoms with Gasteiger partial charge in [-0.3, -0.25) is 9.69 Å². The van der Waals surface area contributed by atoms with Crippen molar-refractivity contribution in [3.63, 3.8) is 0 Å². The molecule has 0 spiro atoms. The van der Waals surface area contributed by atoms with Crippen LogP contribution in [-0.2, 0) is 4.79 Å². The van der Waals surface area contributed by atoms with E-state index in [1.54, 1.807) is 23.8 Å². The molecule has 0 atom stereocenters. The standard InChI is InChI=1S/C32H25N3O2S2/c1-34-27-21-26(37-2)19-20-28(27)38-31(34)29-30(36)35(25-11-7-4-8-12-25)32(39-29)33-24-17-15-23(16-18-24)14-13-22-9-5-3-6-10-22/h3-21H,1-2H3. The first kappa shape index (κ1) is 25.1. The Kier molecular flexibility index (Phi) is 7.00. The number of aliphatic imine (C=N–C) groups is 1. The fourth-order valence-electron chi connectivity index (χ4n) is 4.36. The number of ether oxygens (including phenoxy) is 1. The Balaban J connectivity index is 1.33. The van der Waals surface area contributed by atoms with E-state index in [1.807, 2.05) is 98.0 Å². The molecule has 2 aliphatic heterocycles. The van der Waals surface area contributed by atoms with Gasteiger partial charge in [-0.15, -0.1) is 0 Å². The number of benzene rings is 4. The Morgan fingerprint density at radius 2 is 1.46 bits per heavy atom. The van der Waals surface area contributed by atoms with Gasteiger partial charge in [-0.25, -0.2) is 4.99 Å². The molecule has 0 N–H and O–H groups in total. The minimum Gasteiger partial charge on any atom is -0.497 e. The molecule has 1 saturated heterocycles. The highest BCUT2D eigenvalue weighted by molar-refractivity contribution is 8.20. The molecule has 39 heavy (non-hydrogen) atoms. The lowest BCUT2D eigenvalue weighted by Crippen LogP contribution is -2.29. The number of hydrogen-bond acceptors (Lipinski definition) is 6. The lowest BCUT2D eigenvalue weighted by molar-refractivity contribution is -0.113. The summed E-state index contributed by atoms with van der Waals surface area (Å²) in [6, 6.07) is 33.9. The molecule has 2 heterocycles. The second kappa shape index (κ2) is 10.9. The quantitative estimate of drug-likeness (QED) is 0.187. The van der Waals surface area contributed by atoms with Crippen LogP contribution in [0.3, 0.4) is 0 Å². The topological polar surface area (TPSA) is 45.1 Å². The Bertz CT molecular complexity index is 1610.